The lowest BCUT2D eigenvalue weighted by Crippen LogP contribution is -2.41. The molecule has 3 aromatic rings. The highest BCUT2D eigenvalue weighted by Crippen LogP contribution is 2.20. The second kappa shape index (κ2) is 7.89. The highest BCUT2D eigenvalue weighted by molar-refractivity contribution is 5.61. The topological polar surface area (TPSA) is 83.5 Å². The normalized spacial score (nSPS) is 19.2. The average Bonchev–Trinajstić information content (AvgIpc) is 3.25. The number of likely N-dealkylation sites (tertiary alicyclic amines) is 1. The number of fused-ring (bicyclic) bond motifs is 1. The maximum atomic E-state index is 10.5. The van der Waals surface area contributed by atoms with Crippen LogP contribution in [-0.4, -0.2) is 66.4 Å². The molecule has 2 N–H and O–H groups in total. The molecule has 8 heteroatoms. The first kappa shape index (κ1) is 18.9. The van der Waals surface area contributed by atoms with Gasteiger partial charge < -0.3 is 19.9 Å². The predicted molar refractivity (Wildman–Crippen MR) is 109 cm³/mol. The summed E-state index contributed by atoms with van der Waals surface area (Å²) in [6.07, 6.45) is 5.73. The van der Waals surface area contributed by atoms with Crippen LogP contribution in [0.3, 0.4) is 0 Å². The van der Waals surface area contributed by atoms with E-state index in [2.05, 4.69) is 32.2 Å². The minimum atomic E-state index is -0.432. The van der Waals surface area contributed by atoms with Crippen LogP contribution in [0.25, 0.3) is 17.2 Å². The summed E-state index contributed by atoms with van der Waals surface area (Å²) in [4.78, 5) is 11.3. The zero-order chi connectivity index (χ0) is 19.7. The molecule has 150 valence electrons. The molecule has 0 bridgehead atoms. The van der Waals surface area contributed by atoms with Crippen LogP contribution >= 0.6 is 0 Å². The molecule has 0 amide bonds. The van der Waals surface area contributed by atoms with Crippen LogP contribution in [0.2, 0.25) is 0 Å². The first-order valence-electron chi connectivity index (χ1n) is 9.99. The van der Waals surface area contributed by atoms with Crippen LogP contribution in [0.4, 0.5) is 5.82 Å². The van der Waals surface area contributed by atoms with E-state index >= 15 is 0 Å². The van der Waals surface area contributed by atoms with Gasteiger partial charge in [-0.1, -0.05) is 6.92 Å². The lowest BCUT2D eigenvalue weighted by atomic mass is 10.00. The summed E-state index contributed by atoms with van der Waals surface area (Å²) in [5.41, 5.74) is 2.44. The van der Waals surface area contributed by atoms with Crippen LogP contribution in [-0.2, 0) is 7.05 Å². The van der Waals surface area contributed by atoms with Crippen LogP contribution in [0, 0.1) is 12.8 Å². The third-order valence-electron chi connectivity index (χ3n) is 5.33. The van der Waals surface area contributed by atoms with E-state index in [4.69, 9.17) is 0 Å². The van der Waals surface area contributed by atoms with Gasteiger partial charge >= 0.3 is 0 Å². The number of aliphatic hydroxyl groups excluding tert-OH is 1. The first-order valence-corrected chi connectivity index (χ1v) is 9.99. The number of β-amino-alcohol motifs (C(OH)–C–C–N with tert-alkyl or cyclic N) is 1. The van der Waals surface area contributed by atoms with Crippen LogP contribution in [0.5, 0.6) is 0 Å². The number of aryl methyl sites for hydroxylation is 2. The van der Waals surface area contributed by atoms with Crippen LogP contribution in [0.15, 0.2) is 24.5 Å². The molecule has 0 aliphatic carbocycles. The highest BCUT2D eigenvalue weighted by atomic mass is 16.3. The van der Waals surface area contributed by atoms with E-state index in [1.54, 1.807) is 10.7 Å². The molecule has 0 aromatic carbocycles. The summed E-state index contributed by atoms with van der Waals surface area (Å²) in [6.45, 7) is 7.56. The van der Waals surface area contributed by atoms with Crippen molar-refractivity contribution in [2.75, 3.05) is 31.5 Å². The minimum Gasteiger partial charge on any atom is -0.390 e. The summed E-state index contributed by atoms with van der Waals surface area (Å²) in [6, 6.07) is 3.89. The van der Waals surface area contributed by atoms with E-state index in [1.165, 1.54) is 12.8 Å². The largest absolute Gasteiger partial charge is 0.390 e. The molecule has 28 heavy (non-hydrogen) atoms. The Kier molecular flexibility index (Phi) is 5.32. The number of nitrogens with one attached hydrogen (secondary N) is 1. The van der Waals surface area contributed by atoms with Crippen molar-refractivity contribution in [3.8, 4) is 11.5 Å². The van der Waals surface area contributed by atoms with E-state index in [0.717, 1.165) is 41.8 Å². The molecule has 1 saturated heterocycles. The van der Waals surface area contributed by atoms with E-state index < -0.39 is 6.10 Å². The molecule has 2 atom stereocenters. The van der Waals surface area contributed by atoms with Gasteiger partial charge in [-0.3, -0.25) is 0 Å². The SMILES string of the molecule is Cc1cc(NCC(O)CN2CCCC(C)C2)n2nc(-c3nccn3C)cc2n1. The Morgan fingerprint density at radius 2 is 2.21 bits per heavy atom. The van der Waals surface area contributed by atoms with E-state index in [1.807, 2.05) is 36.9 Å². The van der Waals surface area contributed by atoms with Gasteiger partial charge in [-0.25, -0.2) is 9.97 Å². The first-order chi connectivity index (χ1) is 13.5. The number of nitrogens with zero attached hydrogens (tertiary/aromatic N) is 6. The van der Waals surface area contributed by atoms with Crippen molar-refractivity contribution in [1.82, 2.24) is 29.0 Å². The molecular weight excluding hydrogens is 354 g/mol. The Balaban J connectivity index is 1.48. The highest BCUT2D eigenvalue weighted by Gasteiger charge is 2.19. The van der Waals surface area contributed by atoms with E-state index in [0.29, 0.717) is 19.0 Å². The fraction of sp³-hybridized carbons (Fsp3) is 0.550. The summed E-state index contributed by atoms with van der Waals surface area (Å²) in [7, 11) is 1.95. The fourth-order valence-electron chi connectivity index (χ4n) is 3.99. The van der Waals surface area contributed by atoms with Gasteiger partial charge in [0.15, 0.2) is 11.5 Å². The van der Waals surface area contributed by atoms with Crippen molar-refractivity contribution in [3.05, 3.63) is 30.2 Å². The second-order valence-electron chi connectivity index (χ2n) is 7.99. The molecule has 0 radical (unpaired) electrons. The van der Waals surface area contributed by atoms with Gasteiger partial charge in [0, 0.05) is 56.9 Å². The van der Waals surface area contributed by atoms with Crippen molar-refractivity contribution >= 4 is 11.5 Å². The summed E-state index contributed by atoms with van der Waals surface area (Å²) >= 11 is 0. The molecule has 0 spiro atoms. The van der Waals surface area contributed by atoms with Crippen LogP contribution < -0.4 is 5.32 Å². The van der Waals surface area contributed by atoms with Crippen molar-refractivity contribution in [2.45, 2.75) is 32.8 Å². The zero-order valence-electron chi connectivity index (χ0n) is 16.8. The van der Waals surface area contributed by atoms with Crippen molar-refractivity contribution in [3.63, 3.8) is 0 Å². The number of hydrogen-bond acceptors (Lipinski definition) is 6. The number of rotatable bonds is 6. The van der Waals surface area contributed by atoms with Gasteiger partial charge in [0.05, 0.1) is 6.10 Å². The lowest BCUT2D eigenvalue weighted by molar-refractivity contribution is 0.0947. The van der Waals surface area contributed by atoms with Gasteiger partial charge in [0.25, 0.3) is 0 Å². The molecule has 3 aromatic heterocycles. The number of aliphatic hydroxyl groups is 1. The van der Waals surface area contributed by atoms with Gasteiger partial charge in [-0.05, 0) is 32.2 Å². The number of imidazole rings is 1. The standard InChI is InChI=1S/C20H29N7O/c1-14-5-4-7-26(12-14)13-16(28)11-22-18-9-15(2)23-19-10-17(24-27(18)19)20-21-6-8-25(20)3/h6,8-10,14,16,22,28H,4-5,7,11-13H2,1-3H3. The van der Waals surface area contributed by atoms with Gasteiger partial charge in [0.1, 0.15) is 11.5 Å². The monoisotopic (exact) mass is 383 g/mol. The number of hydrogen-bond donors (Lipinski definition) is 2. The summed E-state index contributed by atoms with van der Waals surface area (Å²) < 4.78 is 3.72. The molecule has 2 unspecified atom stereocenters. The van der Waals surface area contributed by atoms with E-state index in [-0.39, 0.29) is 0 Å². The predicted octanol–water partition coefficient (Wildman–Crippen LogP) is 1.94. The molecular formula is C20H29N7O. The maximum Gasteiger partial charge on any atom is 0.160 e. The fourth-order valence-corrected chi connectivity index (χ4v) is 3.99. The van der Waals surface area contributed by atoms with E-state index in [9.17, 15) is 5.11 Å². The Morgan fingerprint density at radius 3 is 2.96 bits per heavy atom. The number of anilines is 1. The minimum absolute atomic E-state index is 0.432. The lowest BCUT2D eigenvalue weighted by Gasteiger charge is -2.32. The number of aromatic nitrogens is 5. The summed E-state index contributed by atoms with van der Waals surface area (Å²) in [5, 5.41) is 18.6. The third-order valence-corrected chi connectivity index (χ3v) is 5.33. The quantitative estimate of drug-likeness (QED) is 0.677. The maximum absolute atomic E-state index is 10.5. The Bertz CT molecular complexity index is 947. The molecule has 8 nitrogen and oxygen atoms in total. The summed E-state index contributed by atoms with van der Waals surface area (Å²) in [5.74, 6) is 2.34. The Hall–Kier alpha value is -2.45. The van der Waals surface area contributed by atoms with Gasteiger partial charge in [-0.2, -0.15) is 9.61 Å². The van der Waals surface area contributed by atoms with Gasteiger partial charge in [0.2, 0.25) is 0 Å². The smallest absolute Gasteiger partial charge is 0.160 e. The molecule has 0 saturated carbocycles. The number of piperidine rings is 1. The average molecular weight is 384 g/mol. The molecule has 1 aliphatic heterocycles. The van der Waals surface area contributed by atoms with Crippen molar-refractivity contribution in [1.29, 1.82) is 0 Å². The van der Waals surface area contributed by atoms with Crippen LogP contribution in [0.1, 0.15) is 25.5 Å². The Morgan fingerprint density at radius 1 is 1.36 bits per heavy atom. The van der Waals surface area contributed by atoms with Crippen molar-refractivity contribution in [2.24, 2.45) is 13.0 Å². The second-order valence-corrected chi connectivity index (χ2v) is 7.99. The zero-order valence-corrected chi connectivity index (χ0v) is 16.8. The van der Waals surface area contributed by atoms with Crippen molar-refractivity contribution < 1.29 is 5.11 Å². The van der Waals surface area contributed by atoms with Gasteiger partial charge in [-0.15, -0.1) is 0 Å². The Labute approximate surface area is 165 Å². The molecule has 4 heterocycles. The third kappa shape index (κ3) is 4.02. The molecule has 4 rings (SSSR count). The molecule has 1 fully saturated rings. The molecule has 1 aliphatic rings.